The predicted octanol–water partition coefficient (Wildman–Crippen LogP) is 1.64. The molecule has 0 radical (unpaired) electrons. The highest BCUT2D eigenvalue weighted by Crippen LogP contribution is 1.99. The molecule has 3 heteroatoms. The lowest BCUT2D eigenvalue weighted by atomic mass is 10.1. The van der Waals surface area contributed by atoms with E-state index >= 15 is 0 Å². The zero-order chi connectivity index (χ0) is 8.15. The summed E-state index contributed by atoms with van der Waals surface area (Å²) in [7, 11) is 1.59. The van der Waals surface area contributed by atoms with Crippen molar-refractivity contribution < 1.29 is 9.90 Å². The standard InChI is InChI=1S/C7H15NO2/c1-6(2)4-5-8(3)7(9)10/h6H,4-5H2,1-3H3,(H,9,10). The molecule has 1 amide bonds. The number of carbonyl (C=O) groups is 1. The molecule has 0 fully saturated rings. The Morgan fingerprint density at radius 2 is 2.10 bits per heavy atom. The normalized spacial score (nSPS) is 10.0. The van der Waals surface area contributed by atoms with Crippen LogP contribution in [0.5, 0.6) is 0 Å². The Bertz CT molecular complexity index is 112. The van der Waals surface area contributed by atoms with Gasteiger partial charge in [-0.3, -0.25) is 0 Å². The Morgan fingerprint density at radius 3 is 2.40 bits per heavy atom. The predicted molar refractivity (Wildman–Crippen MR) is 40.1 cm³/mol. The molecule has 0 aliphatic carbocycles. The highest BCUT2D eigenvalue weighted by Gasteiger charge is 2.04. The minimum absolute atomic E-state index is 0.571. The lowest BCUT2D eigenvalue weighted by molar-refractivity contribution is 0.154. The van der Waals surface area contributed by atoms with E-state index in [0.29, 0.717) is 12.5 Å². The van der Waals surface area contributed by atoms with Crippen molar-refractivity contribution in [1.82, 2.24) is 4.90 Å². The summed E-state index contributed by atoms with van der Waals surface area (Å²) in [5.41, 5.74) is 0. The van der Waals surface area contributed by atoms with Crippen molar-refractivity contribution >= 4 is 6.09 Å². The summed E-state index contributed by atoms with van der Waals surface area (Å²) in [4.78, 5) is 11.5. The molecule has 0 unspecified atom stereocenters. The smallest absolute Gasteiger partial charge is 0.407 e. The largest absolute Gasteiger partial charge is 0.465 e. The first kappa shape index (κ1) is 9.27. The summed E-state index contributed by atoms with van der Waals surface area (Å²) < 4.78 is 0. The van der Waals surface area contributed by atoms with Crippen molar-refractivity contribution in [3.8, 4) is 0 Å². The van der Waals surface area contributed by atoms with Gasteiger partial charge in [0.2, 0.25) is 0 Å². The van der Waals surface area contributed by atoms with Gasteiger partial charge in [0.25, 0.3) is 0 Å². The van der Waals surface area contributed by atoms with Crippen molar-refractivity contribution in [2.45, 2.75) is 20.3 Å². The van der Waals surface area contributed by atoms with Crippen LogP contribution in [0.3, 0.4) is 0 Å². The van der Waals surface area contributed by atoms with Crippen LogP contribution >= 0.6 is 0 Å². The summed E-state index contributed by atoms with van der Waals surface area (Å²) in [6.45, 7) is 4.79. The van der Waals surface area contributed by atoms with E-state index in [0.717, 1.165) is 6.42 Å². The molecular formula is C7H15NO2. The van der Waals surface area contributed by atoms with E-state index in [1.165, 1.54) is 4.90 Å². The molecule has 0 aliphatic heterocycles. The van der Waals surface area contributed by atoms with Gasteiger partial charge in [-0.05, 0) is 12.3 Å². The van der Waals surface area contributed by atoms with E-state index in [4.69, 9.17) is 5.11 Å². The van der Waals surface area contributed by atoms with E-state index in [-0.39, 0.29) is 0 Å². The molecule has 60 valence electrons. The molecule has 0 aromatic carbocycles. The highest BCUT2D eigenvalue weighted by molar-refractivity contribution is 5.64. The minimum Gasteiger partial charge on any atom is -0.465 e. The molecule has 0 heterocycles. The number of rotatable bonds is 3. The monoisotopic (exact) mass is 145 g/mol. The summed E-state index contributed by atoms with van der Waals surface area (Å²) in [6.07, 6.45) is 0.0867. The molecular weight excluding hydrogens is 130 g/mol. The summed E-state index contributed by atoms with van der Waals surface area (Å²) >= 11 is 0. The topological polar surface area (TPSA) is 40.5 Å². The van der Waals surface area contributed by atoms with E-state index in [2.05, 4.69) is 13.8 Å². The molecule has 3 nitrogen and oxygen atoms in total. The van der Waals surface area contributed by atoms with Crippen LogP contribution in [0.15, 0.2) is 0 Å². The maximum Gasteiger partial charge on any atom is 0.407 e. The van der Waals surface area contributed by atoms with Crippen molar-refractivity contribution in [1.29, 1.82) is 0 Å². The lowest BCUT2D eigenvalue weighted by Gasteiger charge is -2.13. The van der Waals surface area contributed by atoms with Crippen LogP contribution in [0.4, 0.5) is 4.79 Å². The Kier molecular flexibility index (Phi) is 3.84. The van der Waals surface area contributed by atoms with E-state index in [1.54, 1.807) is 7.05 Å². The Labute approximate surface area is 61.6 Å². The van der Waals surface area contributed by atoms with Crippen LogP contribution in [0.2, 0.25) is 0 Å². The van der Waals surface area contributed by atoms with Crippen molar-refractivity contribution in [2.75, 3.05) is 13.6 Å². The Morgan fingerprint density at radius 1 is 1.60 bits per heavy atom. The molecule has 0 spiro atoms. The van der Waals surface area contributed by atoms with Gasteiger partial charge in [-0.1, -0.05) is 13.8 Å². The molecule has 0 aliphatic rings. The average molecular weight is 145 g/mol. The van der Waals surface area contributed by atoms with Gasteiger partial charge in [-0.2, -0.15) is 0 Å². The van der Waals surface area contributed by atoms with Crippen LogP contribution < -0.4 is 0 Å². The van der Waals surface area contributed by atoms with E-state index < -0.39 is 6.09 Å². The molecule has 0 rings (SSSR count). The molecule has 0 saturated carbocycles. The van der Waals surface area contributed by atoms with Crippen LogP contribution in [-0.4, -0.2) is 29.7 Å². The van der Waals surface area contributed by atoms with Crippen molar-refractivity contribution in [2.24, 2.45) is 5.92 Å². The molecule has 10 heavy (non-hydrogen) atoms. The second-order valence-electron chi connectivity index (χ2n) is 2.89. The molecule has 0 aromatic heterocycles. The Balaban J connectivity index is 3.40. The van der Waals surface area contributed by atoms with Gasteiger partial charge in [-0.25, -0.2) is 4.79 Å². The number of carboxylic acid groups (broad SMARTS) is 1. The maximum atomic E-state index is 10.2. The third-order valence-corrected chi connectivity index (χ3v) is 1.37. The fraction of sp³-hybridized carbons (Fsp3) is 0.857. The first-order valence-electron chi connectivity index (χ1n) is 3.48. The van der Waals surface area contributed by atoms with Gasteiger partial charge in [0.05, 0.1) is 0 Å². The fourth-order valence-corrected chi connectivity index (χ4v) is 0.547. The number of amides is 1. The van der Waals surface area contributed by atoms with Gasteiger partial charge in [0, 0.05) is 13.6 Å². The van der Waals surface area contributed by atoms with Crippen LogP contribution in [-0.2, 0) is 0 Å². The second kappa shape index (κ2) is 4.14. The maximum absolute atomic E-state index is 10.2. The van der Waals surface area contributed by atoms with Crippen molar-refractivity contribution in [3.63, 3.8) is 0 Å². The summed E-state index contributed by atoms with van der Waals surface area (Å²) in [5, 5.41) is 8.42. The molecule has 0 bridgehead atoms. The van der Waals surface area contributed by atoms with E-state index in [9.17, 15) is 4.79 Å². The van der Waals surface area contributed by atoms with E-state index in [1.807, 2.05) is 0 Å². The summed E-state index contributed by atoms with van der Waals surface area (Å²) in [5.74, 6) is 0.571. The first-order valence-corrected chi connectivity index (χ1v) is 3.48. The highest BCUT2D eigenvalue weighted by atomic mass is 16.4. The zero-order valence-electron chi connectivity index (χ0n) is 6.79. The quantitative estimate of drug-likeness (QED) is 0.655. The zero-order valence-corrected chi connectivity index (χ0v) is 6.79. The third-order valence-electron chi connectivity index (χ3n) is 1.37. The van der Waals surface area contributed by atoms with Gasteiger partial charge < -0.3 is 10.0 Å². The molecule has 1 N–H and O–H groups in total. The van der Waals surface area contributed by atoms with Gasteiger partial charge in [-0.15, -0.1) is 0 Å². The van der Waals surface area contributed by atoms with Gasteiger partial charge >= 0.3 is 6.09 Å². The number of hydrogen-bond donors (Lipinski definition) is 1. The van der Waals surface area contributed by atoms with Crippen LogP contribution in [0, 0.1) is 5.92 Å². The molecule has 0 aromatic rings. The minimum atomic E-state index is -0.847. The van der Waals surface area contributed by atoms with Crippen LogP contribution in [0.25, 0.3) is 0 Å². The SMILES string of the molecule is CC(C)CCN(C)C(=O)O. The molecule has 0 saturated heterocycles. The average Bonchev–Trinajstić information content (AvgIpc) is 1.82. The van der Waals surface area contributed by atoms with Gasteiger partial charge in [0.15, 0.2) is 0 Å². The fourth-order valence-electron chi connectivity index (χ4n) is 0.547. The second-order valence-corrected chi connectivity index (χ2v) is 2.89. The first-order chi connectivity index (χ1) is 4.54. The number of hydrogen-bond acceptors (Lipinski definition) is 1. The lowest BCUT2D eigenvalue weighted by Crippen LogP contribution is -2.26. The third kappa shape index (κ3) is 4.18. The van der Waals surface area contributed by atoms with Crippen molar-refractivity contribution in [3.05, 3.63) is 0 Å². The number of nitrogens with zero attached hydrogens (tertiary/aromatic N) is 1. The summed E-state index contributed by atoms with van der Waals surface area (Å²) in [6, 6.07) is 0. The van der Waals surface area contributed by atoms with Gasteiger partial charge in [0.1, 0.15) is 0 Å². The Hall–Kier alpha value is -0.730. The molecule has 0 atom stereocenters. The van der Waals surface area contributed by atoms with Crippen LogP contribution in [0.1, 0.15) is 20.3 Å².